The molecule has 72 valence electrons. The number of aromatic nitrogens is 2. The number of hydrogen-bond acceptors (Lipinski definition) is 3. The Morgan fingerprint density at radius 3 is 2.67 bits per heavy atom. The number of hydrogen-bond donors (Lipinski definition) is 0. The van der Waals surface area contributed by atoms with Crippen LogP contribution >= 0.6 is 11.6 Å². The molecule has 2 aromatic rings. The number of rotatable bonds is 1. The summed E-state index contributed by atoms with van der Waals surface area (Å²) in [4.78, 5) is 8.25. The highest BCUT2D eigenvalue weighted by atomic mass is 35.5. The van der Waals surface area contributed by atoms with E-state index >= 15 is 0 Å². The van der Waals surface area contributed by atoms with Crippen LogP contribution in [0.5, 0.6) is 0 Å². The lowest BCUT2D eigenvalue weighted by atomic mass is 10.2. The van der Waals surface area contributed by atoms with E-state index in [1.165, 1.54) is 0 Å². The Labute approximate surface area is 92.0 Å². The molecule has 0 atom stereocenters. The van der Waals surface area contributed by atoms with E-state index in [1.54, 1.807) is 36.7 Å². The summed E-state index contributed by atoms with van der Waals surface area (Å²) < 4.78 is 0. The van der Waals surface area contributed by atoms with Crippen LogP contribution in [0.25, 0.3) is 11.4 Å². The predicted octanol–water partition coefficient (Wildman–Crippen LogP) is 2.67. The monoisotopic (exact) mass is 215 g/mol. The lowest BCUT2D eigenvalue weighted by Crippen LogP contribution is -1.87. The van der Waals surface area contributed by atoms with Gasteiger partial charge in [-0.05, 0) is 24.3 Å². The lowest BCUT2D eigenvalue weighted by Gasteiger charge is -1.99. The minimum atomic E-state index is 0.566. The van der Waals surface area contributed by atoms with E-state index in [0.29, 0.717) is 22.0 Å². The van der Waals surface area contributed by atoms with Gasteiger partial charge in [0.15, 0.2) is 0 Å². The normalized spacial score (nSPS) is 9.60. The Balaban J connectivity index is 2.46. The lowest BCUT2D eigenvalue weighted by molar-refractivity contribution is 1.24. The predicted molar refractivity (Wildman–Crippen MR) is 57.2 cm³/mol. The van der Waals surface area contributed by atoms with Crippen molar-refractivity contribution in [2.75, 3.05) is 0 Å². The van der Waals surface area contributed by atoms with Gasteiger partial charge in [0.25, 0.3) is 0 Å². The fourth-order valence-electron chi connectivity index (χ4n) is 1.17. The van der Waals surface area contributed by atoms with Gasteiger partial charge in [-0.2, -0.15) is 5.26 Å². The zero-order valence-electron chi connectivity index (χ0n) is 7.68. The van der Waals surface area contributed by atoms with Gasteiger partial charge in [-0.25, -0.2) is 0 Å². The molecular formula is C11H6ClN3. The molecule has 4 heteroatoms. The van der Waals surface area contributed by atoms with Crippen LogP contribution in [0.1, 0.15) is 5.56 Å². The summed E-state index contributed by atoms with van der Waals surface area (Å²) in [6.45, 7) is 0. The number of nitrogens with zero attached hydrogens (tertiary/aromatic N) is 3. The molecule has 0 amide bonds. The fraction of sp³-hybridized carbons (Fsp3) is 0. The minimum Gasteiger partial charge on any atom is -0.255 e. The number of pyridine rings is 2. The van der Waals surface area contributed by atoms with Crippen molar-refractivity contribution >= 4 is 11.6 Å². The first-order chi connectivity index (χ1) is 7.29. The Hall–Kier alpha value is -1.92. The molecule has 0 aliphatic heterocycles. The van der Waals surface area contributed by atoms with Crippen molar-refractivity contribution in [2.24, 2.45) is 0 Å². The summed E-state index contributed by atoms with van der Waals surface area (Å²) in [7, 11) is 0. The standard InChI is InChI=1S/C11H6ClN3/c12-9-1-2-10(15-7-9)11-5-8(6-13)3-4-14-11/h1-5,7H. The van der Waals surface area contributed by atoms with E-state index in [-0.39, 0.29) is 0 Å². The Bertz CT molecular complexity index is 514. The van der Waals surface area contributed by atoms with Crippen LogP contribution in [0.2, 0.25) is 5.02 Å². The van der Waals surface area contributed by atoms with Crippen molar-refractivity contribution < 1.29 is 0 Å². The maximum Gasteiger partial charge on any atom is 0.0992 e. The van der Waals surface area contributed by atoms with Gasteiger partial charge in [0.2, 0.25) is 0 Å². The van der Waals surface area contributed by atoms with E-state index in [2.05, 4.69) is 16.0 Å². The molecule has 2 aromatic heterocycles. The SMILES string of the molecule is N#Cc1ccnc(-c2ccc(Cl)cn2)c1. The van der Waals surface area contributed by atoms with E-state index in [1.807, 2.05) is 0 Å². The molecule has 0 saturated heterocycles. The van der Waals surface area contributed by atoms with Gasteiger partial charge in [0.1, 0.15) is 0 Å². The second-order valence-corrected chi connectivity index (χ2v) is 3.34. The summed E-state index contributed by atoms with van der Waals surface area (Å²) in [6.07, 6.45) is 3.14. The number of nitriles is 1. The van der Waals surface area contributed by atoms with Crippen molar-refractivity contribution in [1.82, 2.24) is 9.97 Å². The van der Waals surface area contributed by atoms with Crippen molar-refractivity contribution in [3.63, 3.8) is 0 Å². The van der Waals surface area contributed by atoms with Crippen molar-refractivity contribution in [2.45, 2.75) is 0 Å². The molecule has 0 spiro atoms. The Morgan fingerprint density at radius 1 is 1.13 bits per heavy atom. The van der Waals surface area contributed by atoms with Gasteiger partial charge in [-0.3, -0.25) is 9.97 Å². The minimum absolute atomic E-state index is 0.566. The topological polar surface area (TPSA) is 49.6 Å². The molecular weight excluding hydrogens is 210 g/mol. The van der Waals surface area contributed by atoms with Crippen LogP contribution in [0.3, 0.4) is 0 Å². The third-order valence-corrected chi connectivity index (χ3v) is 2.10. The van der Waals surface area contributed by atoms with Crippen molar-refractivity contribution in [3.8, 4) is 17.5 Å². The fourth-order valence-corrected chi connectivity index (χ4v) is 1.28. The molecule has 0 bridgehead atoms. The highest BCUT2D eigenvalue weighted by Crippen LogP contribution is 2.16. The van der Waals surface area contributed by atoms with E-state index in [0.717, 1.165) is 0 Å². The zero-order valence-corrected chi connectivity index (χ0v) is 8.44. The molecule has 0 saturated carbocycles. The van der Waals surface area contributed by atoms with Crippen LogP contribution in [-0.4, -0.2) is 9.97 Å². The molecule has 15 heavy (non-hydrogen) atoms. The zero-order chi connectivity index (χ0) is 10.7. The second kappa shape index (κ2) is 4.07. The third kappa shape index (κ3) is 2.12. The Kier molecular flexibility index (Phi) is 2.61. The molecule has 0 radical (unpaired) electrons. The molecule has 2 heterocycles. The van der Waals surface area contributed by atoms with Gasteiger partial charge >= 0.3 is 0 Å². The third-order valence-electron chi connectivity index (χ3n) is 1.88. The van der Waals surface area contributed by atoms with Crippen LogP contribution < -0.4 is 0 Å². The Morgan fingerprint density at radius 2 is 2.00 bits per heavy atom. The highest BCUT2D eigenvalue weighted by molar-refractivity contribution is 6.30. The average Bonchev–Trinajstić information content (AvgIpc) is 2.30. The summed E-state index contributed by atoms with van der Waals surface area (Å²) in [5.74, 6) is 0. The van der Waals surface area contributed by atoms with E-state index in [9.17, 15) is 0 Å². The maximum atomic E-state index is 8.73. The first kappa shape index (κ1) is 9.63. The molecule has 2 rings (SSSR count). The maximum absolute atomic E-state index is 8.73. The van der Waals surface area contributed by atoms with Gasteiger partial charge < -0.3 is 0 Å². The molecule has 0 fully saturated rings. The van der Waals surface area contributed by atoms with Crippen LogP contribution in [0, 0.1) is 11.3 Å². The quantitative estimate of drug-likeness (QED) is 0.735. The molecule has 3 nitrogen and oxygen atoms in total. The summed E-state index contributed by atoms with van der Waals surface area (Å²) in [6, 6.07) is 8.91. The van der Waals surface area contributed by atoms with Crippen molar-refractivity contribution in [1.29, 1.82) is 5.26 Å². The molecule has 0 aliphatic rings. The van der Waals surface area contributed by atoms with Gasteiger partial charge in [-0.1, -0.05) is 11.6 Å². The number of halogens is 1. The van der Waals surface area contributed by atoms with Gasteiger partial charge in [-0.15, -0.1) is 0 Å². The molecule has 0 N–H and O–H groups in total. The first-order valence-corrected chi connectivity index (χ1v) is 4.65. The van der Waals surface area contributed by atoms with Crippen molar-refractivity contribution in [3.05, 3.63) is 47.2 Å². The first-order valence-electron chi connectivity index (χ1n) is 4.27. The smallest absolute Gasteiger partial charge is 0.0992 e. The van der Waals surface area contributed by atoms with Crippen LogP contribution in [-0.2, 0) is 0 Å². The summed E-state index contributed by atoms with van der Waals surface area (Å²) in [5, 5.41) is 9.31. The average molecular weight is 216 g/mol. The van der Waals surface area contributed by atoms with E-state index in [4.69, 9.17) is 16.9 Å². The van der Waals surface area contributed by atoms with Crippen LogP contribution in [0.4, 0.5) is 0 Å². The van der Waals surface area contributed by atoms with Crippen LogP contribution in [0.15, 0.2) is 36.7 Å². The second-order valence-electron chi connectivity index (χ2n) is 2.90. The van der Waals surface area contributed by atoms with E-state index < -0.39 is 0 Å². The highest BCUT2D eigenvalue weighted by Gasteiger charge is 2.01. The summed E-state index contributed by atoms with van der Waals surface area (Å²) in [5.41, 5.74) is 1.94. The summed E-state index contributed by atoms with van der Waals surface area (Å²) >= 11 is 5.72. The molecule has 0 aromatic carbocycles. The van der Waals surface area contributed by atoms with Gasteiger partial charge in [0, 0.05) is 12.4 Å². The van der Waals surface area contributed by atoms with Gasteiger partial charge in [0.05, 0.1) is 28.0 Å². The largest absolute Gasteiger partial charge is 0.255 e. The molecule has 0 aliphatic carbocycles. The molecule has 0 unspecified atom stereocenters.